The van der Waals surface area contributed by atoms with Crippen molar-refractivity contribution in [2.75, 3.05) is 5.32 Å². The average Bonchev–Trinajstić information content (AvgIpc) is 2.72. The largest absolute Gasteiger partial charge is 0.366 e. The molecular weight excluding hydrogens is 212 g/mol. The Morgan fingerprint density at radius 3 is 2.94 bits per heavy atom. The number of hydrogen-bond acceptors (Lipinski definition) is 3. The number of nitrogens with zero attached hydrogens (tertiary/aromatic N) is 3. The van der Waals surface area contributed by atoms with Crippen molar-refractivity contribution in [3.63, 3.8) is 0 Å². The lowest BCUT2D eigenvalue weighted by Crippen LogP contribution is -2.23. The van der Waals surface area contributed by atoms with E-state index in [4.69, 9.17) is 0 Å². The molecule has 0 aromatic carbocycles. The van der Waals surface area contributed by atoms with Crippen molar-refractivity contribution in [1.29, 1.82) is 0 Å². The van der Waals surface area contributed by atoms with E-state index in [1.54, 1.807) is 0 Å². The molecule has 2 heterocycles. The first-order valence-corrected chi connectivity index (χ1v) is 6.40. The SMILES string of the molecule is Cc1cc2c(NC3CCCCC3)nccn2n1. The molecule has 0 unspecified atom stereocenters. The number of rotatable bonds is 2. The molecule has 0 saturated heterocycles. The van der Waals surface area contributed by atoms with Crippen LogP contribution in [0.25, 0.3) is 5.52 Å². The Balaban J connectivity index is 1.88. The Morgan fingerprint density at radius 1 is 1.29 bits per heavy atom. The van der Waals surface area contributed by atoms with Crippen LogP contribution in [0, 0.1) is 6.92 Å². The first-order chi connectivity index (χ1) is 8.33. The third-order valence-corrected chi connectivity index (χ3v) is 3.46. The van der Waals surface area contributed by atoms with Gasteiger partial charge >= 0.3 is 0 Å². The molecule has 1 saturated carbocycles. The van der Waals surface area contributed by atoms with E-state index in [0.29, 0.717) is 6.04 Å². The van der Waals surface area contributed by atoms with Crippen LogP contribution in [0.1, 0.15) is 37.8 Å². The second kappa shape index (κ2) is 4.35. The number of nitrogens with one attached hydrogen (secondary N) is 1. The van der Waals surface area contributed by atoms with E-state index in [1.165, 1.54) is 32.1 Å². The molecule has 0 aliphatic heterocycles. The van der Waals surface area contributed by atoms with Crippen molar-refractivity contribution >= 4 is 11.3 Å². The maximum absolute atomic E-state index is 4.44. The Hall–Kier alpha value is -1.58. The third-order valence-electron chi connectivity index (χ3n) is 3.46. The maximum atomic E-state index is 4.44. The molecule has 1 aliphatic rings. The van der Waals surface area contributed by atoms with Crippen molar-refractivity contribution in [1.82, 2.24) is 14.6 Å². The highest BCUT2D eigenvalue weighted by Crippen LogP contribution is 2.23. The maximum Gasteiger partial charge on any atom is 0.152 e. The molecule has 1 aliphatic carbocycles. The molecule has 2 aromatic rings. The van der Waals surface area contributed by atoms with Crippen molar-refractivity contribution in [2.24, 2.45) is 0 Å². The summed E-state index contributed by atoms with van der Waals surface area (Å²) < 4.78 is 1.90. The van der Waals surface area contributed by atoms with Gasteiger partial charge in [0, 0.05) is 18.4 Å². The van der Waals surface area contributed by atoms with Gasteiger partial charge in [-0.15, -0.1) is 0 Å². The van der Waals surface area contributed by atoms with E-state index < -0.39 is 0 Å². The van der Waals surface area contributed by atoms with Gasteiger partial charge in [-0.3, -0.25) is 0 Å². The predicted octanol–water partition coefficient (Wildman–Crippen LogP) is 2.78. The summed E-state index contributed by atoms with van der Waals surface area (Å²) in [4.78, 5) is 4.44. The molecular formula is C13H18N4. The Kier molecular flexibility index (Phi) is 2.71. The molecule has 0 bridgehead atoms. The predicted molar refractivity (Wildman–Crippen MR) is 68.2 cm³/mol. The normalized spacial score (nSPS) is 17.5. The monoisotopic (exact) mass is 230 g/mol. The summed E-state index contributed by atoms with van der Waals surface area (Å²) in [7, 11) is 0. The van der Waals surface area contributed by atoms with Crippen molar-refractivity contribution in [3.05, 3.63) is 24.2 Å². The van der Waals surface area contributed by atoms with Gasteiger partial charge in [-0.25, -0.2) is 9.50 Å². The zero-order valence-corrected chi connectivity index (χ0v) is 10.2. The molecule has 2 aromatic heterocycles. The molecule has 4 nitrogen and oxygen atoms in total. The van der Waals surface area contributed by atoms with Gasteiger partial charge in [-0.05, 0) is 25.8 Å². The first kappa shape index (κ1) is 10.6. The lowest BCUT2D eigenvalue weighted by atomic mass is 9.95. The standard InChI is InChI=1S/C13H18N4/c1-10-9-12-13(14-7-8-17(12)16-10)15-11-5-3-2-4-6-11/h7-9,11H,2-6H2,1H3,(H,14,15). The summed E-state index contributed by atoms with van der Waals surface area (Å²) in [5.41, 5.74) is 2.11. The highest BCUT2D eigenvalue weighted by molar-refractivity contribution is 5.67. The quantitative estimate of drug-likeness (QED) is 0.862. The number of aryl methyl sites for hydroxylation is 1. The van der Waals surface area contributed by atoms with Crippen LogP contribution in [0.3, 0.4) is 0 Å². The van der Waals surface area contributed by atoms with Gasteiger partial charge in [0.25, 0.3) is 0 Å². The van der Waals surface area contributed by atoms with E-state index in [2.05, 4.69) is 21.5 Å². The zero-order chi connectivity index (χ0) is 11.7. The third kappa shape index (κ3) is 2.12. The summed E-state index contributed by atoms with van der Waals surface area (Å²) in [5.74, 6) is 0.972. The fourth-order valence-corrected chi connectivity index (χ4v) is 2.60. The Bertz CT molecular complexity index is 511. The average molecular weight is 230 g/mol. The van der Waals surface area contributed by atoms with Gasteiger partial charge in [0.05, 0.1) is 5.69 Å². The summed E-state index contributed by atoms with van der Waals surface area (Å²) in [6, 6.07) is 2.66. The molecule has 1 N–H and O–H groups in total. The van der Waals surface area contributed by atoms with Crippen LogP contribution in [-0.4, -0.2) is 20.6 Å². The molecule has 17 heavy (non-hydrogen) atoms. The minimum atomic E-state index is 0.581. The Labute approximate surface area is 101 Å². The fourth-order valence-electron chi connectivity index (χ4n) is 2.60. The Morgan fingerprint density at radius 2 is 2.12 bits per heavy atom. The lowest BCUT2D eigenvalue weighted by molar-refractivity contribution is 0.462. The van der Waals surface area contributed by atoms with Crippen LogP contribution in [0.15, 0.2) is 18.5 Å². The number of hydrogen-bond donors (Lipinski definition) is 1. The summed E-state index contributed by atoms with van der Waals surface area (Å²) >= 11 is 0. The van der Waals surface area contributed by atoms with Gasteiger partial charge in [-0.1, -0.05) is 19.3 Å². The zero-order valence-electron chi connectivity index (χ0n) is 10.2. The van der Waals surface area contributed by atoms with Crippen LogP contribution in [0.2, 0.25) is 0 Å². The smallest absolute Gasteiger partial charge is 0.152 e. The molecule has 3 rings (SSSR count). The van der Waals surface area contributed by atoms with Crippen LogP contribution in [-0.2, 0) is 0 Å². The highest BCUT2D eigenvalue weighted by Gasteiger charge is 2.15. The van der Waals surface area contributed by atoms with Crippen LogP contribution < -0.4 is 5.32 Å². The van der Waals surface area contributed by atoms with Gasteiger partial charge in [0.15, 0.2) is 5.82 Å². The van der Waals surface area contributed by atoms with Crippen molar-refractivity contribution < 1.29 is 0 Å². The second-order valence-electron chi connectivity index (χ2n) is 4.87. The molecule has 4 heteroatoms. The molecule has 0 atom stereocenters. The number of fused-ring (bicyclic) bond motifs is 1. The van der Waals surface area contributed by atoms with E-state index in [9.17, 15) is 0 Å². The van der Waals surface area contributed by atoms with Crippen molar-refractivity contribution in [3.8, 4) is 0 Å². The van der Waals surface area contributed by atoms with Crippen LogP contribution >= 0.6 is 0 Å². The minimum absolute atomic E-state index is 0.581. The van der Waals surface area contributed by atoms with Gasteiger partial charge in [-0.2, -0.15) is 5.10 Å². The van der Waals surface area contributed by atoms with E-state index in [1.807, 2.05) is 23.8 Å². The number of aromatic nitrogens is 3. The molecule has 90 valence electrons. The molecule has 1 fully saturated rings. The van der Waals surface area contributed by atoms with E-state index >= 15 is 0 Å². The minimum Gasteiger partial charge on any atom is -0.366 e. The molecule has 0 amide bonds. The molecule has 0 spiro atoms. The second-order valence-corrected chi connectivity index (χ2v) is 4.87. The topological polar surface area (TPSA) is 42.2 Å². The summed E-state index contributed by atoms with van der Waals surface area (Å²) in [6.07, 6.45) is 10.3. The van der Waals surface area contributed by atoms with Gasteiger partial charge in [0.2, 0.25) is 0 Å². The first-order valence-electron chi connectivity index (χ1n) is 6.40. The van der Waals surface area contributed by atoms with E-state index in [0.717, 1.165) is 17.0 Å². The van der Waals surface area contributed by atoms with Gasteiger partial charge in [0.1, 0.15) is 5.52 Å². The van der Waals surface area contributed by atoms with Gasteiger partial charge < -0.3 is 5.32 Å². The highest BCUT2D eigenvalue weighted by atomic mass is 15.2. The van der Waals surface area contributed by atoms with Crippen molar-refractivity contribution in [2.45, 2.75) is 45.1 Å². The van der Waals surface area contributed by atoms with Crippen LogP contribution in [0.5, 0.6) is 0 Å². The lowest BCUT2D eigenvalue weighted by Gasteiger charge is -2.23. The summed E-state index contributed by atoms with van der Waals surface area (Å²) in [6.45, 7) is 2.01. The number of anilines is 1. The van der Waals surface area contributed by atoms with E-state index in [-0.39, 0.29) is 0 Å². The van der Waals surface area contributed by atoms with Crippen LogP contribution in [0.4, 0.5) is 5.82 Å². The molecule has 0 radical (unpaired) electrons. The summed E-state index contributed by atoms with van der Waals surface area (Å²) in [5, 5.41) is 7.97. The fraction of sp³-hybridized carbons (Fsp3) is 0.538.